The van der Waals surface area contributed by atoms with Crippen LogP contribution in [0.3, 0.4) is 0 Å². The van der Waals surface area contributed by atoms with Gasteiger partial charge in [0.05, 0.1) is 24.1 Å². The normalized spacial score (nSPS) is 22.2. The monoisotopic (exact) mass is 328 g/mol. The second kappa shape index (κ2) is 6.36. The standard InChI is InChI=1S/C18H24N4O2/c1-12(2)24-16-10-15(18(16,3)4)20-17(23)14-11-19-22(21-14)13-8-6-5-7-9-13/h5-9,11-12,15-16H,10H2,1-4H3,(H,20,23)/t15-,16-/m1/s1. The maximum absolute atomic E-state index is 12.4. The zero-order valence-corrected chi connectivity index (χ0v) is 14.6. The summed E-state index contributed by atoms with van der Waals surface area (Å²) in [5.41, 5.74) is 1.06. The molecule has 2 atom stereocenters. The molecule has 0 unspecified atom stereocenters. The lowest BCUT2D eigenvalue weighted by atomic mass is 9.64. The fourth-order valence-corrected chi connectivity index (χ4v) is 2.97. The van der Waals surface area contributed by atoms with E-state index < -0.39 is 0 Å². The number of rotatable bonds is 5. The first kappa shape index (κ1) is 16.6. The second-order valence-corrected chi connectivity index (χ2v) is 7.11. The molecule has 0 aliphatic heterocycles. The average Bonchev–Trinajstić information content (AvgIpc) is 3.04. The predicted molar refractivity (Wildman–Crippen MR) is 91.0 cm³/mol. The van der Waals surface area contributed by atoms with Crippen molar-refractivity contribution in [2.75, 3.05) is 0 Å². The Balaban J connectivity index is 1.63. The second-order valence-electron chi connectivity index (χ2n) is 7.11. The minimum Gasteiger partial charge on any atom is -0.375 e. The minimum absolute atomic E-state index is 0.0793. The van der Waals surface area contributed by atoms with Crippen LogP contribution in [-0.2, 0) is 4.74 Å². The van der Waals surface area contributed by atoms with Crippen LogP contribution >= 0.6 is 0 Å². The molecule has 3 rings (SSSR count). The van der Waals surface area contributed by atoms with E-state index in [1.807, 2.05) is 44.2 Å². The van der Waals surface area contributed by atoms with Crippen molar-refractivity contribution in [3.8, 4) is 5.69 Å². The van der Waals surface area contributed by atoms with Gasteiger partial charge in [-0.2, -0.15) is 9.90 Å². The van der Waals surface area contributed by atoms with Crippen molar-refractivity contribution >= 4 is 5.91 Å². The van der Waals surface area contributed by atoms with Gasteiger partial charge in [-0.1, -0.05) is 32.0 Å². The summed E-state index contributed by atoms with van der Waals surface area (Å²) in [5, 5.41) is 11.5. The molecular weight excluding hydrogens is 304 g/mol. The van der Waals surface area contributed by atoms with Crippen molar-refractivity contribution < 1.29 is 9.53 Å². The Morgan fingerprint density at radius 2 is 2.04 bits per heavy atom. The van der Waals surface area contributed by atoms with Gasteiger partial charge in [0.1, 0.15) is 0 Å². The molecule has 1 N–H and O–H groups in total. The molecule has 1 aliphatic carbocycles. The van der Waals surface area contributed by atoms with Gasteiger partial charge in [0.25, 0.3) is 5.91 Å². The van der Waals surface area contributed by atoms with Gasteiger partial charge in [-0.3, -0.25) is 4.79 Å². The molecule has 1 fully saturated rings. The molecule has 1 aliphatic rings. The first-order chi connectivity index (χ1) is 11.4. The van der Waals surface area contributed by atoms with E-state index in [0.29, 0.717) is 5.69 Å². The van der Waals surface area contributed by atoms with Crippen LogP contribution in [0.2, 0.25) is 0 Å². The fraction of sp³-hybridized carbons (Fsp3) is 0.500. The van der Waals surface area contributed by atoms with Crippen LogP contribution in [0.5, 0.6) is 0 Å². The van der Waals surface area contributed by atoms with Gasteiger partial charge in [0.15, 0.2) is 5.69 Å². The van der Waals surface area contributed by atoms with Crippen LogP contribution in [0, 0.1) is 5.41 Å². The molecule has 6 nitrogen and oxygen atoms in total. The van der Waals surface area contributed by atoms with E-state index in [1.54, 1.807) is 0 Å². The number of nitrogens with one attached hydrogen (secondary N) is 1. The van der Waals surface area contributed by atoms with Gasteiger partial charge in [0.2, 0.25) is 0 Å². The van der Waals surface area contributed by atoms with Crippen LogP contribution < -0.4 is 5.32 Å². The summed E-state index contributed by atoms with van der Waals surface area (Å²) >= 11 is 0. The maximum Gasteiger partial charge on any atom is 0.273 e. The van der Waals surface area contributed by atoms with Crippen LogP contribution in [0.15, 0.2) is 36.5 Å². The highest BCUT2D eigenvalue weighted by Crippen LogP contribution is 2.43. The largest absolute Gasteiger partial charge is 0.375 e. The third-order valence-corrected chi connectivity index (χ3v) is 4.63. The molecule has 6 heteroatoms. The Labute approximate surface area is 142 Å². The van der Waals surface area contributed by atoms with Gasteiger partial charge in [-0.25, -0.2) is 0 Å². The van der Waals surface area contributed by atoms with E-state index in [1.165, 1.54) is 11.0 Å². The van der Waals surface area contributed by atoms with Gasteiger partial charge < -0.3 is 10.1 Å². The summed E-state index contributed by atoms with van der Waals surface area (Å²) in [6.45, 7) is 8.30. The number of benzene rings is 1. The zero-order chi connectivity index (χ0) is 17.3. The molecule has 1 heterocycles. The summed E-state index contributed by atoms with van der Waals surface area (Å²) < 4.78 is 5.90. The highest BCUT2D eigenvalue weighted by Gasteiger charge is 2.50. The van der Waals surface area contributed by atoms with Crippen molar-refractivity contribution in [1.82, 2.24) is 20.3 Å². The molecule has 0 saturated heterocycles. The van der Waals surface area contributed by atoms with Crippen molar-refractivity contribution in [2.45, 2.75) is 52.4 Å². The number of carbonyl (C=O) groups excluding carboxylic acids is 1. The van der Waals surface area contributed by atoms with Crippen LogP contribution in [0.25, 0.3) is 5.69 Å². The third-order valence-electron chi connectivity index (χ3n) is 4.63. The van der Waals surface area contributed by atoms with Crippen molar-refractivity contribution in [2.24, 2.45) is 5.41 Å². The topological polar surface area (TPSA) is 69.0 Å². The SMILES string of the molecule is CC(C)O[C@@H]1C[C@@H](NC(=O)c2cnn(-c3ccccc3)n2)C1(C)C. The lowest BCUT2D eigenvalue weighted by molar-refractivity contribution is -0.136. The van der Waals surface area contributed by atoms with E-state index in [-0.39, 0.29) is 29.6 Å². The van der Waals surface area contributed by atoms with E-state index in [9.17, 15) is 4.79 Å². The highest BCUT2D eigenvalue weighted by atomic mass is 16.5. The van der Waals surface area contributed by atoms with Gasteiger partial charge in [0, 0.05) is 11.5 Å². The number of carbonyl (C=O) groups is 1. The van der Waals surface area contributed by atoms with Crippen molar-refractivity contribution in [3.05, 3.63) is 42.2 Å². The third kappa shape index (κ3) is 3.19. The minimum atomic E-state index is -0.196. The number of nitrogens with zero attached hydrogens (tertiary/aromatic N) is 3. The summed E-state index contributed by atoms with van der Waals surface area (Å²) in [6.07, 6.45) is 2.68. The molecule has 1 saturated carbocycles. The summed E-state index contributed by atoms with van der Waals surface area (Å²) in [4.78, 5) is 13.9. The molecule has 24 heavy (non-hydrogen) atoms. The maximum atomic E-state index is 12.4. The van der Waals surface area contributed by atoms with Gasteiger partial charge in [-0.05, 0) is 32.4 Å². The molecule has 1 aromatic heterocycles. The lowest BCUT2D eigenvalue weighted by Gasteiger charge is -2.52. The number of para-hydroxylation sites is 1. The summed E-state index contributed by atoms with van der Waals surface area (Å²) in [7, 11) is 0. The van der Waals surface area contributed by atoms with Crippen molar-refractivity contribution in [3.63, 3.8) is 0 Å². The molecule has 1 aromatic carbocycles. The van der Waals surface area contributed by atoms with Crippen LogP contribution in [0.4, 0.5) is 0 Å². The Kier molecular flexibility index (Phi) is 4.41. The number of ether oxygens (including phenoxy) is 1. The predicted octanol–water partition coefficient (Wildman–Crippen LogP) is 2.59. The summed E-state index contributed by atoms with van der Waals surface area (Å²) in [5.74, 6) is -0.196. The molecule has 0 spiro atoms. The van der Waals surface area contributed by atoms with E-state index in [2.05, 4.69) is 29.4 Å². The van der Waals surface area contributed by atoms with Crippen molar-refractivity contribution in [1.29, 1.82) is 0 Å². The van der Waals surface area contributed by atoms with Gasteiger partial charge in [-0.15, -0.1) is 5.10 Å². The summed E-state index contributed by atoms with van der Waals surface area (Å²) in [6, 6.07) is 9.61. The Bertz CT molecular complexity index is 709. The number of hydrogen-bond donors (Lipinski definition) is 1. The van der Waals surface area contributed by atoms with E-state index in [0.717, 1.165) is 12.1 Å². The smallest absolute Gasteiger partial charge is 0.273 e. The lowest BCUT2D eigenvalue weighted by Crippen LogP contribution is -2.62. The molecule has 2 aromatic rings. The Hall–Kier alpha value is -2.21. The number of hydrogen-bond acceptors (Lipinski definition) is 4. The Morgan fingerprint density at radius 1 is 1.33 bits per heavy atom. The highest BCUT2D eigenvalue weighted by molar-refractivity contribution is 5.92. The average molecular weight is 328 g/mol. The fourth-order valence-electron chi connectivity index (χ4n) is 2.97. The number of aromatic nitrogens is 3. The van der Waals surface area contributed by atoms with Gasteiger partial charge >= 0.3 is 0 Å². The zero-order valence-electron chi connectivity index (χ0n) is 14.6. The molecule has 128 valence electrons. The van der Waals surface area contributed by atoms with Crippen LogP contribution in [0.1, 0.15) is 44.6 Å². The van der Waals surface area contributed by atoms with Crippen LogP contribution in [-0.4, -0.2) is 39.2 Å². The molecule has 0 bridgehead atoms. The Morgan fingerprint density at radius 3 is 2.67 bits per heavy atom. The molecule has 1 amide bonds. The first-order valence-corrected chi connectivity index (χ1v) is 8.32. The van der Waals surface area contributed by atoms with E-state index in [4.69, 9.17) is 4.74 Å². The number of amides is 1. The quantitative estimate of drug-likeness (QED) is 0.916. The molecule has 0 radical (unpaired) electrons. The van der Waals surface area contributed by atoms with E-state index >= 15 is 0 Å². The first-order valence-electron chi connectivity index (χ1n) is 8.32. The molecular formula is C18H24N4O2.